The monoisotopic (exact) mass is 412 g/mol. The van der Waals surface area contributed by atoms with E-state index in [-0.39, 0.29) is 11.2 Å². The summed E-state index contributed by atoms with van der Waals surface area (Å²) >= 11 is 6.12. The van der Waals surface area contributed by atoms with Crippen molar-refractivity contribution in [3.63, 3.8) is 0 Å². The Morgan fingerprint density at radius 1 is 1.30 bits per heavy atom. The second-order valence-corrected chi connectivity index (χ2v) is 9.97. The first kappa shape index (κ1) is 20.4. The number of rotatable bonds is 9. The van der Waals surface area contributed by atoms with Crippen molar-refractivity contribution in [3.05, 3.63) is 34.9 Å². The van der Waals surface area contributed by atoms with Crippen molar-refractivity contribution in [3.8, 4) is 0 Å². The second-order valence-electron chi connectivity index (χ2n) is 7.61. The van der Waals surface area contributed by atoms with E-state index in [0.717, 1.165) is 37.3 Å². The van der Waals surface area contributed by atoms with Crippen LogP contribution < -0.4 is 15.4 Å². The van der Waals surface area contributed by atoms with Crippen LogP contribution in [0.2, 0.25) is 5.02 Å². The van der Waals surface area contributed by atoms with Gasteiger partial charge in [-0.3, -0.25) is 4.99 Å². The molecule has 3 N–H and O–H groups in total. The zero-order chi connectivity index (χ0) is 19.3. The Labute approximate surface area is 167 Å². The van der Waals surface area contributed by atoms with Gasteiger partial charge in [0.2, 0.25) is 10.0 Å². The number of benzene rings is 1. The number of aliphatic imine (C=N–C) groups is 1. The van der Waals surface area contributed by atoms with Gasteiger partial charge in [-0.05, 0) is 49.3 Å². The largest absolute Gasteiger partial charge is 0.356 e. The number of halogens is 1. The maximum Gasteiger partial charge on any atom is 0.213 e. The molecule has 8 heteroatoms. The molecule has 2 aliphatic carbocycles. The number of nitrogens with zero attached hydrogens (tertiary/aromatic N) is 1. The van der Waals surface area contributed by atoms with Gasteiger partial charge in [-0.2, -0.15) is 0 Å². The van der Waals surface area contributed by atoms with E-state index in [1.807, 2.05) is 18.2 Å². The Kier molecular flexibility index (Phi) is 6.65. The second kappa shape index (κ2) is 8.80. The topological polar surface area (TPSA) is 82.6 Å². The van der Waals surface area contributed by atoms with Gasteiger partial charge in [0.1, 0.15) is 0 Å². The van der Waals surface area contributed by atoms with Crippen molar-refractivity contribution < 1.29 is 8.42 Å². The molecular weight excluding hydrogens is 384 g/mol. The first-order chi connectivity index (χ1) is 12.9. The lowest BCUT2D eigenvalue weighted by atomic mass is 9.86. The number of guanidine groups is 1. The van der Waals surface area contributed by atoms with Crippen LogP contribution in [0.4, 0.5) is 0 Å². The van der Waals surface area contributed by atoms with Gasteiger partial charge in [0, 0.05) is 37.1 Å². The fraction of sp³-hybridized carbons (Fsp3) is 0.632. The van der Waals surface area contributed by atoms with Crippen molar-refractivity contribution in [2.45, 2.75) is 37.5 Å². The molecule has 0 radical (unpaired) electrons. The van der Waals surface area contributed by atoms with Crippen molar-refractivity contribution in [2.24, 2.45) is 10.9 Å². The molecule has 0 spiro atoms. The van der Waals surface area contributed by atoms with Crippen molar-refractivity contribution in [2.75, 3.05) is 32.4 Å². The predicted molar refractivity (Wildman–Crippen MR) is 111 cm³/mol. The van der Waals surface area contributed by atoms with Crippen LogP contribution in [0.15, 0.2) is 29.3 Å². The van der Waals surface area contributed by atoms with Crippen molar-refractivity contribution >= 4 is 27.6 Å². The molecule has 0 atom stereocenters. The van der Waals surface area contributed by atoms with Gasteiger partial charge >= 0.3 is 0 Å². The van der Waals surface area contributed by atoms with Gasteiger partial charge in [-0.15, -0.1) is 0 Å². The molecule has 0 heterocycles. The van der Waals surface area contributed by atoms with Crippen LogP contribution in [0.25, 0.3) is 0 Å². The summed E-state index contributed by atoms with van der Waals surface area (Å²) in [6.07, 6.45) is 5.69. The number of hydrogen-bond acceptors (Lipinski definition) is 3. The standard InChI is InChI=1S/C19H29ClN4O2S/c1-21-18(22-10-11-27(25,26)24-13-15-4-2-5-15)23-14-19(8-9-19)16-6-3-7-17(20)12-16/h3,6-7,12,15,24H,2,4-5,8-11,13-14H2,1H3,(H2,21,22,23). The smallest absolute Gasteiger partial charge is 0.213 e. The van der Waals surface area contributed by atoms with Gasteiger partial charge in [0.15, 0.2) is 5.96 Å². The molecule has 0 unspecified atom stereocenters. The van der Waals surface area contributed by atoms with Crippen LogP contribution in [0.5, 0.6) is 0 Å². The zero-order valence-corrected chi connectivity index (χ0v) is 17.4. The number of hydrogen-bond donors (Lipinski definition) is 3. The Hall–Kier alpha value is -1.31. The molecule has 0 amide bonds. The van der Waals surface area contributed by atoms with E-state index < -0.39 is 10.0 Å². The van der Waals surface area contributed by atoms with Gasteiger partial charge in [-0.1, -0.05) is 30.2 Å². The molecule has 2 aliphatic rings. The Balaban J connectivity index is 1.42. The van der Waals surface area contributed by atoms with E-state index in [1.165, 1.54) is 12.0 Å². The quantitative estimate of drug-likeness (QED) is 0.429. The van der Waals surface area contributed by atoms with Crippen LogP contribution in [-0.2, 0) is 15.4 Å². The molecule has 3 rings (SSSR count). The summed E-state index contributed by atoms with van der Waals surface area (Å²) < 4.78 is 26.8. The third kappa shape index (κ3) is 5.83. The highest BCUT2D eigenvalue weighted by Crippen LogP contribution is 2.48. The zero-order valence-electron chi connectivity index (χ0n) is 15.8. The van der Waals surface area contributed by atoms with Crippen LogP contribution in [-0.4, -0.2) is 46.8 Å². The maximum absolute atomic E-state index is 12.1. The third-order valence-corrected chi connectivity index (χ3v) is 7.17. The van der Waals surface area contributed by atoms with E-state index in [2.05, 4.69) is 26.4 Å². The molecule has 150 valence electrons. The molecule has 6 nitrogen and oxygen atoms in total. The lowest BCUT2D eigenvalue weighted by Crippen LogP contribution is -2.44. The van der Waals surface area contributed by atoms with E-state index in [9.17, 15) is 8.42 Å². The van der Waals surface area contributed by atoms with Crippen molar-refractivity contribution in [1.82, 2.24) is 15.4 Å². The van der Waals surface area contributed by atoms with Crippen LogP contribution in [0.1, 0.15) is 37.7 Å². The lowest BCUT2D eigenvalue weighted by Gasteiger charge is -2.25. The van der Waals surface area contributed by atoms with Crippen LogP contribution >= 0.6 is 11.6 Å². The summed E-state index contributed by atoms with van der Waals surface area (Å²) in [7, 11) is -1.55. The average Bonchev–Trinajstić information content (AvgIpc) is 3.37. The molecule has 1 aromatic rings. The summed E-state index contributed by atoms with van der Waals surface area (Å²) in [5.74, 6) is 1.18. The minimum Gasteiger partial charge on any atom is -0.356 e. The summed E-state index contributed by atoms with van der Waals surface area (Å²) in [5, 5.41) is 7.17. The minimum absolute atomic E-state index is 0.0415. The van der Waals surface area contributed by atoms with Gasteiger partial charge in [0.25, 0.3) is 0 Å². The first-order valence-corrected chi connectivity index (χ1v) is 11.6. The maximum atomic E-state index is 12.1. The molecule has 2 fully saturated rings. The predicted octanol–water partition coefficient (Wildman–Crippen LogP) is 2.26. The number of sulfonamides is 1. The molecule has 1 aromatic carbocycles. The Morgan fingerprint density at radius 2 is 2.07 bits per heavy atom. The van der Waals surface area contributed by atoms with Gasteiger partial charge in [-0.25, -0.2) is 13.1 Å². The highest BCUT2D eigenvalue weighted by atomic mass is 35.5. The van der Waals surface area contributed by atoms with Crippen molar-refractivity contribution in [1.29, 1.82) is 0 Å². The minimum atomic E-state index is -3.25. The van der Waals surface area contributed by atoms with Crippen LogP contribution in [0.3, 0.4) is 0 Å². The summed E-state index contributed by atoms with van der Waals surface area (Å²) in [6.45, 7) is 1.64. The highest BCUT2D eigenvalue weighted by molar-refractivity contribution is 7.89. The SMILES string of the molecule is CN=C(NCCS(=O)(=O)NCC1CCC1)NCC1(c2cccc(Cl)c2)CC1. The van der Waals surface area contributed by atoms with Gasteiger partial charge in [0.05, 0.1) is 5.75 Å². The third-order valence-electron chi connectivity index (χ3n) is 5.59. The molecule has 0 aromatic heterocycles. The first-order valence-electron chi connectivity index (χ1n) is 9.60. The molecule has 0 aliphatic heterocycles. The van der Waals surface area contributed by atoms with Crippen LogP contribution in [0, 0.1) is 5.92 Å². The summed E-state index contributed by atoms with van der Waals surface area (Å²) in [5.41, 5.74) is 1.33. The molecular formula is C19H29ClN4O2S. The molecule has 27 heavy (non-hydrogen) atoms. The molecule has 2 saturated carbocycles. The fourth-order valence-corrected chi connectivity index (χ4v) is 4.52. The highest BCUT2D eigenvalue weighted by Gasteiger charge is 2.44. The Morgan fingerprint density at radius 3 is 2.67 bits per heavy atom. The fourth-order valence-electron chi connectivity index (χ4n) is 3.33. The Bertz CT molecular complexity index is 774. The van der Waals surface area contributed by atoms with E-state index in [4.69, 9.17) is 11.6 Å². The van der Waals surface area contributed by atoms with E-state index >= 15 is 0 Å². The average molecular weight is 413 g/mol. The lowest BCUT2D eigenvalue weighted by molar-refractivity contribution is 0.316. The number of nitrogens with one attached hydrogen (secondary N) is 3. The molecule has 0 saturated heterocycles. The van der Waals surface area contributed by atoms with E-state index in [1.54, 1.807) is 7.05 Å². The summed E-state index contributed by atoms with van der Waals surface area (Å²) in [4.78, 5) is 4.20. The van der Waals surface area contributed by atoms with E-state index in [0.29, 0.717) is 25.0 Å². The normalized spacial score (nSPS) is 19.4. The molecule has 0 bridgehead atoms. The van der Waals surface area contributed by atoms with Gasteiger partial charge < -0.3 is 10.6 Å². The summed E-state index contributed by atoms with van der Waals surface area (Å²) in [6, 6.07) is 7.99.